The molecule has 2 N–H and O–H groups in total. The van der Waals surface area contributed by atoms with Crippen molar-refractivity contribution in [1.82, 2.24) is 4.90 Å². The lowest BCUT2D eigenvalue weighted by Gasteiger charge is -2.28. The van der Waals surface area contributed by atoms with Crippen molar-refractivity contribution in [1.29, 1.82) is 0 Å². The van der Waals surface area contributed by atoms with E-state index >= 15 is 0 Å². The van der Waals surface area contributed by atoms with E-state index in [2.05, 4.69) is 11.9 Å². The maximum atomic E-state index is 6.13. The minimum absolute atomic E-state index is 0.349. The third kappa shape index (κ3) is 3.60. The molecule has 21 heavy (non-hydrogen) atoms. The van der Waals surface area contributed by atoms with Crippen molar-refractivity contribution in [2.24, 2.45) is 0 Å². The largest absolute Gasteiger partial charge is 0.486 e. The summed E-state index contributed by atoms with van der Waals surface area (Å²) in [6.07, 6.45) is 3.96. The van der Waals surface area contributed by atoms with Crippen molar-refractivity contribution in [3.8, 4) is 11.5 Å². The Balaban J connectivity index is 1.63. The van der Waals surface area contributed by atoms with E-state index in [0.29, 0.717) is 19.3 Å². The highest BCUT2D eigenvalue weighted by molar-refractivity contribution is 5.58. The second-order valence-electron chi connectivity index (χ2n) is 5.88. The average molecular weight is 292 g/mol. The molecule has 0 radical (unpaired) electrons. The van der Waals surface area contributed by atoms with Gasteiger partial charge in [0.05, 0.1) is 6.10 Å². The maximum absolute atomic E-state index is 6.13. The first-order valence-corrected chi connectivity index (χ1v) is 7.70. The molecule has 2 aliphatic heterocycles. The van der Waals surface area contributed by atoms with Gasteiger partial charge in [0, 0.05) is 31.5 Å². The van der Waals surface area contributed by atoms with Crippen LogP contribution in [0.1, 0.15) is 24.8 Å². The Labute approximate surface area is 126 Å². The minimum atomic E-state index is 0.349. The van der Waals surface area contributed by atoms with Gasteiger partial charge in [-0.2, -0.15) is 0 Å². The third-order valence-electron chi connectivity index (χ3n) is 4.03. The Kier molecular flexibility index (Phi) is 4.51. The molecule has 5 nitrogen and oxygen atoms in total. The van der Waals surface area contributed by atoms with Crippen molar-refractivity contribution in [2.75, 3.05) is 39.1 Å². The van der Waals surface area contributed by atoms with Crippen LogP contribution in [0.3, 0.4) is 0 Å². The number of nitrogen functional groups attached to an aromatic ring is 1. The number of rotatable bonds is 4. The van der Waals surface area contributed by atoms with Gasteiger partial charge in [-0.25, -0.2) is 0 Å². The van der Waals surface area contributed by atoms with Crippen LogP contribution in [-0.4, -0.2) is 44.4 Å². The van der Waals surface area contributed by atoms with Gasteiger partial charge in [0.1, 0.15) is 13.2 Å². The zero-order valence-electron chi connectivity index (χ0n) is 12.6. The first-order valence-electron chi connectivity index (χ1n) is 7.70. The summed E-state index contributed by atoms with van der Waals surface area (Å²) in [5, 5.41) is 0. The molecule has 0 aromatic heterocycles. The highest BCUT2D eigenvalue weighted by atomic mass is 16.6. The normalized spacial score (nSPS) is 21.5. The highest BCUT2D eigenvalue weighted by Gasteiger charge is 2.18. The molecule has 1 fully saturated rings. The number of hydrogen-bond acceptors (Lipinski definition) is 5. The second-order valence-corrected chi connectivity index (χ2v) is 5.88. The molecule has 3 rings (SSSR count). The van der Waals surface area contributed by atoms with Crippen molar-refractivity contribution in [3.63, 3.8) is 0 Å². The molecule has 0 spiro atoms. The Hall–Kier alpha value is -1.46. The molecule has 5 heteroatoms. The lowest BCUT2D eigenvalue weighted by molar-refractivity contribution is -0.00258. The van der Waals surface area contributed by atoms with Crippen molar-refractivity contribution in [3.05, 3.63) is 17.7 Å². The number of nitrogens with zero attached hydrogens (tertiary/aromatic N) is 1. The molecular weight excluding hydrogens is 268 g/mol. The molecule has 1 aromatic rings. The van der Waals surface area contributed by atoms with Crippen LogP contribution in [0, 0.1) is 0 Å². The summed E-state index contributed by atoms with van der Waals surface area (Å²) in [6, 6.07) is 3.87. The average Bonchev–Trinajstić information content (AvgIpc) is 2.49. The Morgan fingerprint density at radius 3 is 2.62 bits per heavy atom. The van der Waals surface area contributed by atoms with Crippen LogP contribution in [0.5, 0.6) is 11.5 Å². The van der Waals surface area contributed by atoms with Crippen LogP contribution in [0.4, 0.5) is 5.69 Å². The van der Waals surface area contributed by atoms with Crippen LogP contribution >= 0.6 is 0 Å². The number of benzene rings is 1. The molecular formula is C16H24N2O3. The summed E-state index contributed by atoms with van der Waals surface area (Å²) in [5.41, 5.74) is 7.97. The fraction of sp³-hybridized carbons (Fsp3) is 0.625. The summed E-state index contributed by atoms with van der Waals surface area (Å²) < 4.78 is 17.0. The lowest BCUT2D eigenvalue weighted by Crippen LogP contribution is -2.33. The molecule has 1 unspecified atom stereocenters. The number of nitrogens with two attached hydrogens (primary N) is 1. The van der Waals surface area contributed by atoms with Gasteiger partial charge >= 0.3 is 0 Å². The van der Waals surface area contributed by atoms with Gasteiger partial charge < -0.3 is 19.9 Å². The number of hydrogen-bond donors (Lipinski definition) is 1. The van der Waals surface area contributed by atoms with E-state index in [0.717, 1.165) is 48.9 Å². The zero-order valence-corrected chi connectivity index (χ0v) is 12.6. The van der Waals surface area contributed by atoms with Crippen LogP contribution in [0.15, 0.2) is 12.1 Å². The summed E-state index contributed by atoms with van der Waals surface area (Å²) >= 11 is 0. The molecule has 0 bridgehead atoms. The van der Waals surface area contributed by atoms with Gasteiger partial charge in [0.15, 0.2) is 11.5 Å². The predicted octanol–water partition coefficient (Wildman–Crippen LogP) is 2.04. The molecule has 0 amide bonds. The number of anilines is 1. The summed E-state index contributed by atoms with van der Waals surface area (Å²) in [4.78, 5) is 2.26. The fourth-order valence-electron chi connectivity index (χ4n) is 2.94. The quantitative estimate of drug-likeness (QED) is 0.861. The van der Waals surface area contributed by atoms with Gasteiger partial charge in [0.25, 0.3) is 0 Å². The summed E-state index contributed by atoms with van der Waals surface area (Å²) in [5.74, 6) is 1.55. The number of fused-ring (bicyclic) bond motifs is 1. The molecule has 116 valence electrons. The summed E-state index contributed by atoms with van der Waals surface area (Å²) in [6.45, 7) is 3.81. The minimum Gasteiger partial charge on any atom is -0.486 e. The van der Waals surface area contributed by atoms with Crippen LogP contribution in [0.2, 0.25) is 0 Å². The zero-order chi connectivity index (χ0) is 14.7. The van der Waals surface area contributed by atoms with Gasteiger partial charge in [-0.3, -0.25) is 4.90 Å². The first kappa shape index (κ1) is 14.5. The van der Waals surface area contributed by atoms with Crippen LogP contribution in [-0.2, 0) is 11.3 Å². The maximum Gasteiger partial charge on any atom is 0.163 e. The van der Waals surface area contributed by atoms with E-state index in [1.54, 1.807) is 0 Å². The Bertz CT molecular complexity index is 487. The van der Waals surface area contributed by atoms with Crippen LogP contribution < -0.4 is 15.2 Å². The van der Waals surface area contributed by atoms with E-state index in [-0.39, 0.29) is 0 Å². The molecule has 2 aliphatic rings. The number of likely N-dealkylation sites (N-methyl/N-ethyl adjacent to an activating group) is 1. The molecule has 0 saturated carbocycles. The van der Waals surface area contributed by atoms with Crippen molar-refractivity contribution < 1.29 is 14.2 Å². The Morgan fingerprint density at radius 2 is 1.90 bits per heavy atom. The molecule has 2 heterocycles. The number of ether oxygens (including phenoxy) is 3. The van der Waals surface area contributed by atoms with Gasteiger partial charge in [0.2, 0.25) is 0 Å². The molecule has 0 aliphatic carbocycles. The lowest BCUT2D eigenvalue weighted by atomic mass is 10.1. The highest BCUT2D eigenvalue weighted by Crippen LogP contribution is 2.34. The monoisotopic (exact) mass is 292 g/mol. The summed E-state index contributed by atoms with van der Waals surface area (Å²) in [7, 11) is 2.11. The van der Waals surface area contributed by atoms with E-state index in [9.17, 15) is 0 Å². The fourth-order valence-corrected chi connectivity index (χ4v) is 2.94. The van der Waals surface area contributed by atoms with Crippen LogP contribution in [0.25, 0.3) is 0 Å². The van der Waals surface area contributed by atoms with E-state index in [1.807, 2.05) is 12.1 Å². The SMILES string of the molecule is CN(Cc1cc2c(cc1N)OCCO2)CC1CCCCO1. The second kappa shape index (κ2) is 6.54. The van der Waals surface area contributed by atoms with Gasteiger partial charge in [-0.05, 0) is 37.9 Å². The molecule has 1 aromatic carbocycles. The van der Waals surface area contributed by atoms with Gasteiger partial charge in [-0.15, -0.1) is 0 Å². The first-order chi connectivity index (χ1) is 10.2. The van der Waals surface area contributed by atoms with Crippen molar-refractivity contribution in [2.45, 2.75) is 31.9 Å². The third-order valence-corrected chi connectivity index (χ3v) is 4.03. The van der Waals surface area contributed by atoms with E-state index in [1.165, 1.54) is 12.8 Å². The Morgan fingerprint density at radius 1 is 1.14 bits per heavy atom. The van der Waals surface area contributed by atoms with E-state index < -0.39 is 0 Å². The van der Waals surface area contributed by atoms with Crippen molar-refractivity contribution >= 4 is 5.69 Å². The van der Waals surface area contributed by atoms with E-state index in [4.69, 9.17) is 19.9 Å². The standard InChI is InChI=1S/C16H24N2O3/c1-18(11-13-4-2-3-5-19-13)10-12-8-15-16(9-14(12)17)21-7-6-20-15/h8-9,13H,2-7,10-11,17H2,1H3. The smallest absolute Gasteiger partial charge is 0.163 e. The molecule has 1 saturated heterocycles. The predicted molar refractivity (Wildman–Crippen MR) is 81.8 cm³/mol. The molecule has 1 atom stereocenters. The topological polar surface area (TPSA) is 57.0 Å². The van der Waals surface area contributed by atoms with Gasteiger partial charge in [-0.1, -0.05) is 0 Å².